The Morgan fingerprint density at radius 3 is 2.07 bits per heavy atom. The van der Waals surface area contributed by atoms with E-state index in [1.165, 1.54) is 5.56 Å². The van der Waals surface area contributed by atoms with Crippen LogP contribution in [0.15, 0.2) is 78.9 Å². The van der Waals surface area contributed by atoms with Crippen LogP contribution < -0.4 is 10.8 Å². The van der Waals surface area contributed by atoms with Crippen molar-refractivity contribution < 1.29 is 29.4 Å². The van der Waals surface area contributed by atoms with Crippen LogP contribution in [0.5, 0.6) is 0 Å². The van der Waals surface area contributed by atoms with Gasteiger partial charge in [0.1, 0.15) is 0 Å². The minimum Gasteiger partial charge on any atom is -0.392 e. The molecule has 10 heteroatoms. The highest BCUT2D eigenvalue weighted by Gasteiger charge is 2.33. The highest BCUT2D eigenvalue weighted by Crippen LogP contribution is 2.38. The average Bonchev–Trinajstić information content (AvgIpc) is 3.08. The molecule has 2 heterocycles. The van der Waals surface area contributed by atoms with E-state index in [-0.39, 0.29) is 37.6 Å². The maximum Gasteiger partial charge on any atom is 0.243 e. The van der Waals surface area contributed by atoms with E-state index < -0.39 is 12.2 Å². The van der Waals surface area contributed by atoms with E-state index in [9.17, 15) is 14.7 Å². The molecule has 0 aromatic heterocycles. The van der Waals surface area contributed by atoms with Gasteiger partial charge in [-0.2, -0.15) is 0 Å². The fraction of sp³-hybridized carbons (Fsp3) is 0.429. The molecule has 240 valence electrons. The Bertz CT molecular complexity index is 1350. The van der Waals surface area contributed by atoms with Crippen LogP contribution >= 0.6 is 0 Å². The predicted octanol–water partition coefficient (Wildman–Crippen LogP) is 4.55. The molecule has 2 saturated heterocycles. The molecule has 0 unspecified atom stereocenters. The maximum absolute atomic E-state index is 12.4. The third kappa shape index (κ3) is 9.92. The van der Waals surface area contributed by atoms with Crippen molar-refractivity contribution in [2.75, 3.05) is 38.0 Å². The van der Waals surface area contributed by atoms with E-state index in [2.05, 4.69) is 45.4 Å². The first-order valence-corrected chi connectivity index (χ1v) is 15.8. The van der Waals surface area contributed by atoms with Crippen molar-refractivity contribution in [3.8, 4) is 0 Å². The third-order valence-electron chi connectivity index (χ3n) is 8.44. The van der Waals surface area contributed by atoms with E-state index >= 15 is 0 Å². The summed E-state index contributed by atoms with van der Waals surface area (Å²) in [6.07, 6.45) is 1.51. The SMILES string of the molecule is O=C(CCCCC(=O)Nc1ccc([C@H]2O[C@@H](CN3CCN(Cc4ccccc4)CC3)C[C@@H](c3ccc(CO)cc3)O2)cc1)NO. The Balaban J connectivity index is 1.18. The Labute approximate surface area is 264 Å². The molecule has 0 saturated carbocycles. The van der Waals surface area contributed by atoms with Crippen molar-refractivity contribution in [1.29, 1.82) is 0 Å². The molecule has 4 N–H and O–H groups in total. The second-order valence-corrected chi connectivity index (χ2v) is 11.8. The Kier molecular flexibility index (Phi) is 12.1. The van der Waals surface area contributed by atoms with E-state index in [4.69, 9.17) is 14.7 Å². The van der Waals surface area contributed by atoms with E-state index in [0.717, 1.165) is 62.4 Å². The Morgan fingerprint density at radius 2 is 1.40 bits per heavy atom. The van der Waals surface area contributed by atoms with Crippen molar-refractivity contribution in [3.63, 3.8) is 0 Å². The second kappa shape index (κ2) is 16.6. The highest BCUT2D eigenvalue weighted by atomic mass is 16.7. The fourth-order valence-corrected chi connectivity index (χ4v) is 5.87. The summed E-state index contributed by atoms with van der Waals surface area (Å²) in [7, 11) is 0. The lowest BCUT2D eigenvalue weighted by molar-refractivity contribution is -0.253. The molecule has 0 spiro atoms. The van der Waals surface area contributed by atoms with Gasteiger partial charge in [0.2, 0.25) is 11.8 Å². The first-order valence-electron chi connectivity index (χ1n) is 15.8. The first-order chi connectivity index (χ1) is 22.0. The number of aliphatic hydroxyl groups is 1. The third-order valence-corrected chi connectivity index (χ3v) is 8.44. The number of hydrogen-bond acceptors (Lipinski definition) is 8. The zero-order valence-electron chi connectivity index (χ0n) is 25.6. The molecule has 0 bridgehead atoms. The number of aliphatic hydroxyl groups excluding tert-OH is 1. The van der Waals surface area contributed by atoms with E-state index in [1.807, 2.05) is 48.5 Å². The zero-order chi connectivity index (χ0) is 31.4. The van der Waals surface area contributed by atoms with Crippen molar-refractivity contribution in [1.82, 2.24) is 15.3 Å². The van der Waals surface area contributed by atoms with Gasteiger partial charge in [0, 0.05) is 69.8 Å². The lowest BCUT2D eigenvalue weighted by Gasteiger charge is -2.40. The van der Waals surface area contributed by atoms with Crippen LogP contribution in [0.2, 0.25) is 0 Å². The summed E-state index contributed by atoms with van der Waals surface area (Å²) in [5, 5.41) is 21.0. The van der Waals surface area contributed by atoms with Crippen molar-refractivity contribution in [2.24, 2.45) is 0 Å². The summed E-state index contributed by atoms with van der Waals surface area (Å²) in [4.78, 5) is 28.5. The Morgan fingerprint density at radius 1 is 0.756 bits per heavy atom. The monoisotopic (exact) mass is 616 g/mol. The van der Waals surface area contributed by atoms with Crippen LogP contribution in [0.4, 0.5) is 5.69 Å². The molecule has 2 aliphatic heterocycles. The number of piperazine rings is 1. The summed E-state index contributed by atoms with van der Waals surface area (Å²) in [5.74, 6) is -0.584. The van der Waals surface area contributed by atoms with Gasteiger partial charge in [-0.25, -0.2) is 5.48 Å². The smallest absolute Gasteiger partial charge is 0.243 e. The number of anilines is 1. The topological polar surface area (TPSA) is 124 Å². The summed E-state index contributed by atoms with van der Waals surface area (Å²) < 4.78 is 13.1. The molecule has 3 aromatic rings. The Hall–Kier alpha value is -3.64. The fourth-order valence-electron chi connectivity index (χ4n) is 5.87. The number of carbonyl (C=O) groups is 2. The van der Waals surface area contributed by atoms with Crippen molar-refractivity contribution in [3.05, 3.63) is 101 Å². The number of hydrogen-bond donors (Lipinski definition) is 4. The van der Waals surface area contributed by atoms with Gasteiger partial charge in [0.15, 0.2) is 6.29 Å². The van der Waals surface area contributed by atoms with Gasteiger partial charge < -0.3 is 19.9 Å². The van der Waals surface area contributed by atoms with Crippen LogP contribution in [0.1, 0.15) is 66.8 Å². The predicted molar refractivity (Wildman–Crippen MR) is 170 cm³/mol. The number of hydroxylamine groups is 1. The summed E-state index contributed by atoms with van der Waals surface area (Å²) >= 11 is 0. The van der Waals surface area contributed by atoms with Gasteiger partial charge in [-0.15, -0.1) is 0 Å². The van der Waals surface area contributed by atoms with Crippen LogP contribution in [0.25, 0.3) is 0 Å². The number of benzene rings is 3. The van der Waals surface area contributed by atoms with Crippen LogP contribution in [0.3, 0.4) is 0 Å². The van der Waals surface area contributed by atoms with Gasteiger partial charge in [0.25, 0.3) is 0 Å². The molecule has 2 aliphatic rings. The number of rotatable bonds is 13. The first kappa shape index (κ1) is 32.7. The molecular formula is C35H44N4O6. The molecule has 45 heavy (non-hydrogen) atoms. The normalized spacial score (nSPS) is 20.9. The number of amides is 2. The number of nitrogens with zero attached hydrogens (tertiary/aromatic N) is 2. The molecule has 10 nitrogen and oxygen atoms in total. The minimum absolute atomic E-state index is 0.000170. The zero-order valence-corrected chi connectivity index (χ0v) is 25.6. The lowest BCUT2D eigenvalue weighted by Crippen LogP contribution is -2.49. The van der Waals surface area contributed by atoms with Gasteiger partial charge in [0.05, 0.1) is 18.8 Å². The van der Waals surface area contributed by atoms with Crippen molar-refractivity contribution in [2.45, 2.75) is 63.8 Å². The van der Waals surface area contributed by atoms with Gasteiger partial charge in [-0.05, 0) is 41.7 Å². The van der Waals surface area contributed by atoms with Crippen LogP contribution in [-0.2, 0) is 32.2 Å². The molecular weight excluding hydrogens is 572 g/mol. The molecule has 5 rings (SSSR count). The molecule has 3 aromatic carbocycles. The van der Waals surface area contributed by atoms with Gasteiger partial charge >= 0.3 is 0 Å². The summed E-state index contributed by atoms with van der Waals surface area (Å²) in [6, 6.07) is 26.0. The number of ether oxygens (including phenoxy) is 2. The molecule has 3 atom stereocenters. The summed E-state index contributed by atoms with van der Waals surface area (Å²) in [5.41, 5.74) is 6.40. The van der Waals surface area contributed by atoms with Gasteiger partial charge in [-0.1, -0.05) is 66.7 Å². The van der Waals surface area contributed by atoms with Crippen molar-refractivity contribution >= 4 is 17.5 Å². The number of carbonyl (C=O) groups excluding carboxylic acids is 2. The molecule has 0 radical (unpaired) electrons. The van der Waals surface area contributed by atoms with Crippen LogP contribution in [0, 0.1) is 0 Å². The standard InChI is InChI=1S/C35H44N4O6/c40-25-27-10-12-28(13-11-27)32-22-31(24-39-20-18-38(19-21-39)23-26-6-2-1-3-7-26)44-35(45-32)29-14-16-30(17-15-29)36-33(41)8-4-5-9-34(42)37-43/h1-3,6-7,10-17,31-32,35,40,43H,4-5,8-9,18-25H2,(H,36,41)(H,37,42)/t31-,32+,35+/m1/s1. The van der Waals surface area contributed by atoms with E-state index in [0.29, 0.717) is 18.5 Å². The van der Waals surface area contributed by atoms with Gasteiger partial charge in [-0.3, -0.25) is 24.6 Å². The molecule has 2 fully saturated rings. The molecule has 0 aliphatic carbocycles. The number of nitrogens with one attached hydrogen (secondary N) is 2. The van der Waals surface area contributed by atoms with E-state index in [1.54, 1.807) is 5.48 Å². The second-order valence-electron chi connectivity index (χ2n) is 11.8. The van der Waals surface area contributed by atoms with Crippen LogP contribution in [-0.4, -0.2) is 70.8 Å². The largest absolute Gasteiger partial charge is 0.392 e. The number of unbranched alkanes of at least 4 members (excludes halogenated alkanes) is 1. The average molecular weight is 617 g/mol. The lowest BCUT2D eigenvalue weighted by atomic mass is 9.99. The minimum atomic E-state index is -0.562. The molecule has 2 amide bonds. The maximum atomic E-state index is 12.4. The summed E-state index contributed by atoms with van der Waals surface area (Å²) in [6.45, 7) is 5.78. The quantitative estimate of drug-likeness (QED) is 0.125. The highest BCUT2D eigenvalue weighted by molar-refractivity contribution is 5.90.